The lowest BCUT2D eigenvalue weighted by Gasteiger charge is -2.19. The van der Waals surface area contributed by atoms with Crippen LogP contribution in [0.2, 0.25) is 0 Å². The van der Waals surface area contributed by atoms with E-state index in [1.54, 1.807) is 0 Å². The lowest BCUT2D eigenvalue weighted by atomic mass is 10.2. The number of methoxy groups -OCH3 is 1. The average molecular weight is 330 g/mol. The topological polar surface area (TPSA) is 89.0 Å². The van der Waals surface area contributed by atoms with Crippen molar-refractivity contribution in [2.75, 3.05) is 25.2 Å². The Balaban J connectivity index is 2.22. The second-order valence-corrected chi connectivity index (χ2v) is 4.91. The van der Waals surface area contributed by atoms with Gasteiger partial charge < -0.3 is 14.6 Å². The number of carbonyl (C=O) groups is 2. The van der Waals surface area contributed by atoms with E-state index in [1.807, 2.05) is 30.3 Å². The molecule has 0 spiro atoms. The van der Waals surface area contributed by atoms with Crippen LogP contribution in [0.1, 0.15) is 16.1 Å². The predicted molar refractivity (Wildman–Crippen MR) is 87.6 cm³/mol. The summed E-state index contributed by atoms with van der Waals surface area (Å²) >= 11 is 0. The predicted octanol–water partition coefficient (Wildman–Crippen LogP) is 2.60. The first-order valence-corrected chi connectivity index (χ1v) is 7.27. The molecule has 1 aromatic carbocycles. The summed E-state index contributed by atoms with van der Waals surface area (Å²) in [5.74, 6) is 0.488. The van der Waals surface area contributed by atoms with Gasteiger partial charge in [0, 0.05) is 19.2 Å². The molecule has 0 saturated carbocycles. The van der Waals surface area contributed by atoms with E-state index in [0.29, 0.717) is 18.6 Å². The van der Waals surface area contributed by atoms with Crippen molar-refractivity contribution in [3.63, 3.8) is 0 Å². The molecular formula is C17H18N2O5. The zero-order valence-electron chi connectivity index (χ0n) is 13.2. The molecule has 2 rings (SSSR count). The second-order valence-electron chi connectivity index (χ2n) is 4.91. The summed E-state index contributed by atoms with van der Waals surface area (Å²) < 4.78 is 10.6. The third-order valence-corrected chi connectivity index (χ3v) is 3.20. The molecule has 24 heavy (non-hydrogen) atoms. The molecule has 1 aromatic heterocycles. The van der Waals surface area contributed by atoms with Crippen LogP contribution in [0.25, 0.3) is 0 Å². The van der Waals surface area contributed by atoms with Crippen LogP contribution in [0.4, 0.5) is 10.6 Å². The number of hydrogen-bond acceptors (Lipinski definition) is 5. The van der Waals surface area contributed by atoms with E-state index in [-0.39, 0.29) is 24.7 Å². The smallest absolute Gasteiger partial charge is 0.413 e. The van der Waals surface area contributed by atoms with Crippen molar-refractivity contribution in [2.24, 2.45) is 0 Å². The maximum Gasteiger partial charge on any atom is 0.413 e. The van der Waals surface area contributed by atoms with Gasteiger partial charge in [0.25, 0.3) is 0 Å². The van der Waals surface area contributed by atoms with Gasteiger partial charge in [-0.15, -0.1) is 0 Å². The molecule has 2 aromatic rings. The van der Waals surface area contributed by atoms with Gasteiger partial charge in [-0.1, -0.05) is 30.3 Å². The first kappa shape index (κ1) is 17.4. The number of benzene rings is 1. The van der Waals surface area contributed by atoms with E-state index in [1.165, 1.54) is 19.2 Å². The Bertz CT molecular complexity index is 691. The Morgan fingerprint density at radius 2 is 2.04 bits per heavy atom. The number of pyridine rings is 1. The first-order valence-electron chi connectivity index (χ1n) is 7.27. The maximum atomic E-state index is 11.4. The zero-order valence-corrected chi connectivity index (χ0v) is 13.2. The third-order valence-electron chi connectivity index (χ3n) is 3.20. The molecule has 0 aliphatic rings. The van der Waals surface area contributed by atoms with Crippen molar-refractivity contribution in [1.82, 2.24) is 4.98 Å². The fourth-order valence-corrected chi connectivity index (χ4v) is 2.03. The van der Waals surface area contributed by atoms with Gasteiger partial charge in [-0.05, 0) is 5.56 Å². The highest BCUT2D eigenvalue weighted by Gasteiger charge is 2.17. The van der Waals surface area contributed by atoms with Gasteiger partial charge in [0.05, 0.1) is 13.2 Å². The van der Waals surface area contributed by atoms with Gasteiger partial charge in [-0.3, -0.25) is 9.69 Å². The molecule has 0 aliphatic heterocycles. The van der Waals surface area contributed by atoms with E-state index in [9.17, 15) is 14.7 Å². The molecule has 0 atom stereocenters. The van der Waals surface area contributed by atoms with Crippen LogP contribution in [-0.2, 0) is 11.3 Å². The van der Waals surface area contributed by atoms with Gasteiger partial charge >= 0.3 is 6.09 Å². The minimum absolute atomic E-state index is 0.0965. The molecule has 126 valence electrons. The van der Waals surface area contributed by atoms with E-state index in [2.05, 4.69) is 4.98 Å². The van der Waals surface area contributed by atoms with E-state index >= 15 is 0 Å². The molecule has 0 bridgehead atoms. The van der Waals surface area contributed by atoms with Crippen molar-refractivity contribution in [1.29, 1.82) is 0 Å². The zero-order chi connectivity index (χ0) is 17.4. The largest absolute Gasteiger partial charge is 0.489 e. The van der Waals surface area contributed by atoms with Crippen molar-refractivity contribution in [3.8, 4) is 5.75 Å². The number of aromatic nitrogens is 1. The molecule has 1 heterocycles. The average Bonchev–Trinajstić information content (AvgIpc) is 2.60. The normalized spacial score (nSPS) is 10.2. The molecule has 0 fully saturated rings. The van der Waals surface area contributed by atoms with Crippen LogP contribution in [0.5, 0.6) is 5.75 Å². The number of anilines is 1. The number of carbonyl (C=O) groups excluding carboxylic acids is 1. The minimum Gasteiger partial charge on any atom is -0.489 e. The van der Waals surface area contributed by atoms with Gasteiger partial charge in [-0.25, -0.2) is 9.78 Å². The molecule has 0 saturated heterocycles. The SMILES string of the molecule is COCCN(C(=O)O)c1cc(OCc2ccccc2)cc(C=O)n1. The van der Waals surface area contributed by atoms with Crippen LogP contribution >= 0.6 is 0 Å². The Morgan fingerprint density at radius 3 is 2.67 bits per heavy atom. The van der Waals surface area contributed by atoms with Gasteiger partial charge in [-0.2, -0.15) is 0 Å². The van der Waals surface area contributed by atoms with Crippen molar-refractivity contribution >= 4 is 18.2 Å². The summed E-state index contributed by atoms with van der Waals surface area (Å²) in [7, 11) is 1.48. The quantitative estimate of drug-likeness (QED) is 0.748. The Hall–Kier alpha value is -2.93. The van der Waals surface area contributed by atoms with Crippen molar-refractivity contribution in [3.05, 3.63) is 53.7 Å². The van der Waals surface area contributed by atoms with E-state index in [4.69, 9.17) is 9.47 Å². The van der Waals surface area contributed by atoms with Gasteiger partial charge in [0.1, 0.15) is 23.9 Å². The lowest BCUT2D eigenvalue weighted by molar-refractivity contribution is 0.111. The second kappa shape index (κ2) is 8.64. The first-order chi connectivity index (χ1) is 11.6. The van der Waals surface area contributed by atoms with Crippen LogP contribution in [-0.4, -0.2) is 42.7 Å². The lowest BCUT2D eigenvalue weighted by Crippen LogP contribution is -2.33. The summed E-state index contributed by atoms with van der Waals surface area (Å²) in [5.41, 5.74) is 1.05. The number of aldehydes is 1. The summed E-state index contributed by atoms with van der Waals surface area (Å²) in [6.07, 6.45) is -0.633. The fourth-order valence-electron chi connectivity index (χ4n) is 2.03. The molecule has 0 radical (unpaired) electrons. The Morgan fingerprint density at radius 1 is 1.29 bits per heavy atom. The number of nitrogens with zero attached hydrogens (tertiary/aromatic N) is 2. The molecule has 7 heteroatoms. The summed E-state index contributed by atoms with van der Waals surface area (Å²) in [5, 5.41) is 9.32. The maximum absolute atomic E-state index is 11.4. The highest BCUT2D eigenvalue weighted by Crippen LogP contribution is 2.21. The summed E-state index contributed by atoms with van der Waals surface area (Å²) in [4.78, 5) is 27.5. The molecule has 0 aliphatic carbocycles. The standard InChI is InChI=1S/C17H18N2O5/c1-23-8-7-19(17(21)22)16-10-15(9-14(11-20)18-16)24-12-13-5-3-2-4-6-13/h2-6,9-11H,7-8,12H2,1H3,(H,21,22). The number of rotatable bonds is 8. The molecule has 7 nitrogen and oxygen atoms in total. The fraction of sp³-hybridized carbons (Fsp3) is 0.235. The highest BCUT2D eigenvalue weighted by molar-refractivity contribution is 5.86. The van der Waals surface area contributed by atoms with Gasteiger partial charge in [0.2, 0.25) is 0 Å². The number of hydrogen-bond donors (Lipinski definition) is 1. The monoisotopic (exact) mass is 330 g/mol. The molecule has 1 N–H and O–H groups in total. The van der Waals surface area contributed by atoms with Crippen molar-refractivity contribution < 1.29 is 24.2 Å². The minimum atomic E-state index is -1.18. The number of carboxylic acid groups (broad SMARTS) is 1. The van der Waals surface area contributed by atoms with E-state index < -0.39 is 6.09 Å². The Labute approximate surface area is 139 Å². The van der Waals surface area contributed by atoms with Crippen LogP contribution < -0.4 is 9.64 Å². The number of ether oxygens (including phenoxy) is 2. The Kier molecular flexibility index (Phi) is 6.27. The van der Waals surface area contributed by atoms with Gasteiger partial charge in [0.15, 0.2) is 6.29 Å². The summed E-state index contributed by atoms with van der Waals surface area (Å²) in [6.45, 7) is 0.604. The summed E-state index contributed by atoms with van der Waals surface area (Å²) in [6, 6.07) is 12.5. The van der Waals surface area contributed by atoms with Crippen LogP contribution in [0.15, 0.2) is 42.5 Å². The molecule has 1 amide bonds. The van der Waals surface area contributed by atoms with E-state index in [0.717, 1.165) is 10.5 Å². The highest BCUT2D eigenvalue weighted by atomic mass is 16.5. The number of amides is 1. The third kappa shape index (κ3) is 4.79. The van der Waals surface area contributed by atoms with Crippen molar-refractivity contribution in [2.45, 2.75) is 6.61 Å². The molecule has 0 unspecified atom stereocenters. The molecular weight excluding hydrogens is 312 g/mol. The van der Waals surface area contributed by atoms with Crippen LogP contribution in [0.3, 0.4) is 0 Å². The van der Waals surface area contributed by atoms with Crippen LogP contribution in [0, 0.1) is 0 Å².